The molecular formula is C9H17NO3. The van der Waals surface area contributed by atoms with Crippen LogP contribution in [0, 0.1) is 22.0 Å². The van der Waals surface area contributed by atoms with E-state index < -0.39 is 5.09 Å². The van der Waals surface area contributed by atoms with Gasteiger partial charge in [-0.05, 0) is 37.5 Å². The highest BCUT2D eigenvalue weighted by Gasteiger charge is 2.25. The lowest BCUT2D eigenvalue weighted by atomic mass is 9.81. The van der Waals surface area contributed by atoms with Gasteiger partial charge >= 0.3 is 0 Å². The van der Waals surface area contributed by atoms with Gasteiger partial charge in [0.25, 0.3) is 5.09 Å². The maximum atomic E-state index is 10.1. The highest BCUT2D eigenvalue weighted by Crippen LogP contribution is 2.31. The van der Waals surface area contributed by atoms with Gasteiger partial charge in [-0.15, -0.1) is 10.1 Å². The number of hydrogen-bond donors (Lipinski definition) is 0. The summed E-state index contributed by atoms with van der Waals surface area (Å²) in [7, 11) is 0. The molecule has 0 unspecified atom stereocenters. The predicted octanol–water partition coefficient (Wildman–Crippen LogP) is 2.41. The molecule has 1 fully saturated rings. The van der Waals surface area contributed by atoms with Crippen LogP contribution in [0.15, 0.2) is 0 Å². The van der Waals surface area contributed by atoms with Gasteiger partial charge in [0.15, 0.2) is 0 Å². The highest BCUT2D eigenvalue weighted by atomic mass is 17.0. The van der Waals surface area contributed by atoms with Crippen LogP contribution in [-0.2, 0) is 4.84 Å². The molecule has 0 radical (unpaired) electrons. The minimum atomic E-state index is -0.666. The first-order valence-electron chi connectivity index (χ1n) is 4.90. The third-order valence-electron chi connectivity index (χ3n) is 2.90. The number of hydrogen-bond acceptors (Lipinski definition) is 3. The average Bonchev–Trinajstić information content (AvgIpc) is 2.04. The zero-order valence-corrected chi connectivity index (χ0v) is 8.23. The van der Waals surface area contributed by atoms with Crippen molar-refractivity contribution in [2.45, 2.75) is 45.6 Å². The quantitative estimate of drug-likeness (QED) is 0.503. The fourth-order valence-electron chi connectivity index (χ4n) is 1.98. The van der Waals surface area contributed by atoms with Gasteiger partial charge in [0.2, 0.25) is 0 Å². The third kappa shape index (κ3) is 3.20. The topological polar surface area (TPSA) is 52.4 Å². The van der Waals surface area contributed by atoms with E-state index in [1.807, 2.05) is 0 Å². The third-order valence-corrected chi connectivity index (χ3v) is 2.90. The van der Waals surface area contributed by atoms with Gasteiger partial charge in [-0.1, -0.05) is 13.8 Å². The summed E-state index contributed by atoms with van der Waals surface area (Å²) in [5.41, 5.74) is 0. The second-order valence-corrected chi connectivity index (χ2v) is 4.11. The van der Waals surface area contributed by atoms with Gasteiger partial charge in [-0.2, -0.15) is 0 Å². The van der Waals surface area contributed by atoms with E-state index in [9.17, 15) is 10.1 Å². The van der Waals surface area contributed by atoms with Gasteiger partial charge in [0.05, 0.1) is 0 Å². The van der Waals surface area contributed by atoms with Crippen molar-refractivity contribution >= 4 is 0 Å². The number of rotatable bonds is 3. The molecule has 0 aromatic heterocycles. The van der Waals surface area contributed by atoms with Crippen molar-refractivity contribution in [1.82, 2.24) is 0 Å². The summed E-state index contributed by atoms with van der Waals surface area (Å²) >= 11 is 0. The van der Waals surface area contributed by atoms with Crippen LogP contribution in [0.1, 0.15) is 39.5 Å². The van der Waals surface area contributed by atoms with E-state index >= 15 is 0 Å². The van der Waals surface area contributed by atoms with Crippen LogP contribution in [0.3, 0.4) is 0 Å². The zero-order chi connectivity index (χ0) is 9.84. The van der Waals surface area contributed by atoms with Crippen LogP contribution in [-0.4, -0.2) is 11.2 Å². The molecule has 1 rings (SSSR count). The molecule has 1 aliphatic rings. The molecule has 0 N–H and O–H groups in total. The summed E-state index contributed by atoms with van der Waals surface area (Å²) in [5, 5.41) is 9.40. The largest absolute Gasteiger partial charge is 0.311 e. The molecule has 0 aliphatic heterocycles. The molecule has 76 valence electrons. The van der Waals surface area contributed by atoms with Gasteiger partial charge < -0.3 is 4.84 Å². The van der Waals surface area contributed by atoms with E-state index in [2.05, 4.69) is 18.7 Å². The van der Waals surface area contributed by atoms with Crippen molar-refractivity contribution in [2.24, 2.45) is 11.8 Å². The Morgan fingerprint density at radius 1 is 1.31 bits per heavy atom. The fraction of sp³-hybridized carbons (Fsp3) is 1.00. The van der Waals surface area contributed by atoms with Crippen LogP contribution in [0.25, 0.3) is 0 Å². The molecule has 0 amide bonds. The van der Waals surface area contributed by atoms with Gasteiger partial charge in [-0.25, -0.2) is 0 Å². The minimum Gasteiger partial charge on any atom is -0.311 e. The Balaban J connectivity index is 2.26. The number of nitrogens with zero attached hydrogens (tertiary/aromatic N) is 1. The molecule has 0 aromatic carbocycles. The summed E-state index contributed by atoms with van der Waals surface area (Å²) in [5.74, 6) is 1.42. The maximum absolute atomic E-state index is 10.1. The first-order valence-corrected chi connectivity index (χ1v) is 4.90. The summed E-state index contributed by atoms with van der Waals surface area (Å²) in [6.45, 7) is 4.42. The summed E-state index contributed by atoms with van der Waals surface area (Å²) in [6, 6.07) is 0. The molecule has 0 spiro atoms. The minimum absolute atomic E-state index is 0.148. The van der Waals surface area contributed by atoms with Crippen molar-refractivity contribution in [3.8, 4) is 0 Å². The average molecular weight is 187 g/mol. The van der Waals surface area contributed by atoms with Crippen molar-refractivity contribution in [2.75, 3.05) is 0 Å². The lowest BCUT2D eigenvalue weighted by Gasteiger charge is -2.29. The summed E-state index contributed by atoms with van der Waals surface area (Å²) in [4.78, 5) is 14.6. The van der Waals surface area contributed by atoms with E-state index in [4.69, 9.17) is 0 Å². The first-order chi connectivity index (χ1) is 6.09. The van der Waals surface area contributed by atoms with Crippen LogP contribution < -0.4 is 0 Å². The highest BCUT2D eigenvalue weighted by molar-refractivity contribution is 4.73. The lowest BCUT2D eigenvalue weighted by molar-refractivity contribution is -0.769. The second kappa shape index (κ2) is 4.44. The monoisotopic (exact) mass is 187 g/mol. The van der Waals surface area contributed by atoms with Crippen molar-refractivity contribution < 1.29 is 9.92 Å². The van der Waals surface area contributed by atoms with E-state index in [1.54, 1.807) is 0 Å². The molecule has 4 nitrogen and oxygen atoms in total. The van der Waals surface area contributed by atoms with Crippen molar-refractivity contribution in [3.05, 3.63) is 10.1 Å². The predicted molar refractivity (Wildman–Crippen MR) is 48.7 cm³/mol. The van der Waals surface area contributed by atoms with Crippen LogP contribution >= 0.6 is 0 Å². The van der Waals surface area contributed by atoms with E-state index in [0.29, 0.717) is 5.92 Å². The molecular weight excluding hydrogens is 170 g/mol. The molecule has 0 heterocycles. The normalized spacial score (nSPS) is 28.8. The Kier molecular flexibility index (Phi) is 3.51. The van der Waals surface area contributed by atoms with E-state index in [-0.39, 0.29) is 6.10 Å². The lowest BCUT2D eigenvalue weighted by Crippen LogP contribution is -2.25. The van der Waals surface area contributed by atoms with Crippen LogP contribution in [0.4, 0.5) is 0 Å². The van der Waals surface area contributed by atoms with Crippen molar-refractivity contribution in [1.29, 1.82) is 0 Å². The van der Waals surface area contributed by atoms with Gasteiger partial charge in [0, 0.05) is 0 Å². The molecule has 1 saturated carbocycles. The molecule has 0 aromatic rings. The van der Waals surface area contributed by atoms with Crippen LogP contribution in [0.2, 0.25) is 0 Å². The SMILES string of the molecule is CC(C)[C@H]1CC[C@@H](O[N+](=O)[O-])CC1. The molecule has 1 aliphatic carbocycles. The van der Waals surface area contributed by atoms with E-state index in [0.717, 1.165) is 31.6 Å². The smallest absolute Gasteiger partial charge is 0.294 e. The first kappa shape index (κ1) is 10.3. The summed E-state index contributed by atoms with van der Waals surface area (Å²) in [6.07, 6.45) is 3.66. The molecule has 0 atom stereocenters. The van der Waals surface area contributed by atoms with Gasteiger partial charge in [0.1, 0.15) is 6.10 Å². The fourth-order valence-corrected chi connectivity index (χ4v) is 1.98. The Labute approximate surface area is 78.4 Å². The Hall–Kier alpha value is -0.800. The Bertz CT molecular complexity index is 174. The summed E-state index contributed by atoms with van der Waals surface area (Å²) < 4.78 is 0. The zero-order valence-electron chi connectivity index (χ0n) is 8.23. The Morgan fingerprint density at radius 2 is 1.85 bits per heavy atom. The van der Waals surface area contributed by atoms with Crippen molar-refractivity contribution in [3.63, 3.8) is 0 Å². The van der Waals surface area contributed by atoms with Gasteiger partial charge in [-0.3, -0.25) is 0 Å². The molecule has 0 bridgehead atoms. The maximum Gasteiger partial charge on any atom is 0.294 e. The van der Waals surface area contributed by atoms with E-state index in [1.165, 1.54) is 0 Å². The Morgan fingerprint density at radius 3 is 2.23 bits per heavy atom. The second-order valence-electron chi connectivity index (χ2n) is 4.11. The molecule has 13 heavy (non-hydrogen) atoms. The standard InChI is InChI=1S/C9H17NO3/c1-7(2)8-3-5-9(6-4-8)13-10(11)12/h7-9H,3-6H2,1-2H3/t8-,9+. The van der Waals surface area contributed by atoms with Crippen LogP contribution in [0.5, 0.6) is 0 Å². The molecule has 0 saturated heterocycles. The molecule has 4 heteroatoms.